The van der Waals surface area contributed by atoms with E-state index in [0.717, 1.165) is 24.9 Å². The lowest BCUT2D eigenvalue weighted by Gasteiger charge is -2.33. The van der Waals surface area contributed by atoms with Gasteiger partial charge in [-0.1, -0.05) is 55.1 Å². The molecule has 2 aromatic carbocycles. The van der Waals surface area contributed by atoms with Crippen molar-refractivity contribution in [2.75, 3.05) is 12.0 Å². The molecule has 4 nitrogen and oxygen atoms in total. The summed E-state index contributed by atoms with van der Waals surface area (Å²) in [6.45, 7) is 2.85. The zero-order valence-electron chi connectivity index (χ0n) is 16.2. The van der Waals surface area contributed by atoms with Crippen molar-refractivity contribution in [1.82, 2.24) is 4.90 Å². The van der Waals surface area contributed by atoms with Crippen LogP contribution < -0.4 is 11.2 Å². The summed E-state index contributed by atoms with van der Waals surface area (Å²) >= 11 is 12.1. The van der Waals surface area contributed by atoms with Crippen molar-refractivity contribution in [2.24, 2.45) is 16.8 Å². The van der Waals surface area contributed by atoms with Crippen LogP contribution in [0.4, 0.5) is 10.1 Å². The fraction of sp³-hybridized carbons (Fsp3) is 0.381. The number of hydrazone groups is 1. The Bertz CT molecular complexity index is 825. The van der Waals surface area contributed by atoms with Gasteiger partial charge in [-0.15, -0.1) is 17.5 Å². The van der Waals surface area contributed by atoms with E-state index in [1.54, 1.807) is 18.2 Å². The van der Waals surface area contributed by atoms with Crippen molar-refractivity contribution in [3.63, 3.8) is 0 Å². The van der Waals surface area contributed by atoms with Crippen molar-refractivity contribution < 1.29 is 4.39 Å². The van der Waals surface area contributed by atoms with E-state index in [1.165, 1.54) is 25.0 Å². The van der Waals surface area contributed by atoms with Gasteiger partial charge >= 0.3 is 0 Å². The molecule has 2 aromatic rings. The minimum atomic E-state index is -0.239. The standard InChI is InChI=1S/C21H25Cl2FN4.ClH/c1-2-11-28(21(25)27-26-19-10-7-16(22)13-18(19)23)20(12-14-3-4-14)15-5-8-17(24)9-6-15;/h5-10,13-14,20,26H,2-4,11-12H2,1H3,(H2,25,27);1H. The number of nitrogens with one attached hydrogen (secondary N) is 1. The highest BCUT2D eigenvalue weighted by atomic mass is 35.5. The molecular formula is C21H26Cl3FN4. The zero-order valence-corrected chi connectivity index (χ0v) is 18.6. The molecule has 29 heavy (non-hydrogen) atoms. The van der Waals surface area contributed by atoms with Gasteiger partial charge in [0, 0.05) is 11.6 Å². The summed E-state index contributed by atoms with van der Waals surface area (Å²) in [7, 11) is 0. The predicted octanol–water partition coefficient (Wildman–Crippen LogP) is 6.45. The van der Waals surface area contributed by atoms with Gasteiger partial charge in [0.15, 0.2) is 0 Å². The predicted molar refractivity (Wildman–Crippen MR) is 122 cm³/mol. The maximum absolute atomic E-state index is 13.4. The van der Waals surface area contributed by atoms with E-state index in [4.69, 9.17) is 28.9 Å². The summed E-state index contributed by atoms with van der Waals surface area (Å²) in [4.78, 5) is 2.09. The largest absolute Gasteiger partial charge is 0.368 e. The minimum Gasteiger partial charge on any atom is -0.368 e. The number of hydrogen-bond donors (Lipinski definition) is 2. The second-order valence-corrected chi connectivity index (χ2v) is 7.99. The van der Waals surface area contributed by atoms with Crippen LogP contribution in [0.15, 0.2) is 47.6 Å². The highest BCUT2D eigenvalue weighted by molar-refractivity contribution is 6.36. The van der Waals surface area contributed by atoms with Crippen LogP contribution in [0.1, 0.15) is 44.2 Å². The monoisotopic (exact) mass is 458 g/mol. The molecule has 0 heterocycles. The number of nitrogens with two attached hydrogens (primary N) is 1. The quantitative estimate of drug-likeness (QED) is 0.271. The van der Waals surface area contributed by atoms with Crippen LogP contribution in [-0.4, -0.2) is 17.4 Å². The average molecular weight is 460 g/mol. The maximum atomic E-state index is 13.4. The van der Waals surface area contributed by atoms with E-state index >= 15 is 0 Å². The Morgan fingerprint density at radius 1 is 1.24 bits per heavy atom. The molecule has 1 unspecified atom stereocenters. The summed E-state index contributed by atoms with van der Waals surface area (Å²) in [6.07, 6.45) is 4.35. The van der Waals surface area contributed by atoms with E-state index in [2.05, 4.69) is 22.4 Å². The number of guanidine groups is 1. The second kappa shape index (κ2) is 10.9. The molecular weight excluding hydrogens is 434 g/mol. The molecule has 0 amide bonds. The summed E-state index contributed by atoms with van der Waals surface area (Å²) in [6, 6.07) is 11.9. The fourth-order valence-corrected chi connectivity index (χ4v) is 3.68. The molecule has 0 bridgehead atoms. The van der Waals surface area contributed by atoms with Crippen LogP contribution >= 0.6 is 35.6 Å². The number of nitrogens with zero attached hydrogens (tertiary/aromatic N) is 2. The van der Waals surface area contributed by atoms with Crippen molar-refractivity contribution >= 4 is 47.3 Å². The number of anilines is 1. The lowest BCUT2D eigenvalue weighted by Crippen LogP contribution is -2.41. The van der Waals surface area contributed by atoms with Crippen molar-refractivity contribution in [2.45, 2.75) is 38.6 Å². The topological polar surface area (TPSA) is 53.6 Å². The fourth-order valence-electron chi connectivity index (χ4n) is 3.23. The molecule has 0 aromatic heterocycles. The van der Waals surface area contributed by atoms with Crippen molar-refractivity contribution in [3.05, 3.63) is 63.9 Å². The third-order valence-electron chi connectivity index (χ3n) is 4.87. The Labute approximate surface area is 187 Å². The van der Waals surface area contributed by atoms with E-state index in [-0.39, 0.29) is 24.3 Å². The van der Waals surface area contributed by atoms with Crippen LogP contribution in [0.25, 0.3) is 0 Å². The van der Waals surface area contributed by atoms with Gasteiger partial charge in [0.05, 0.1) is 16.8 Å². The molecule has 0 radical (unpaired) electrons. The minimum absolute atomic E-state index is 0. The molecule has 3 rings (SSSR count). The van der Waals surface area contributed by atoms with Crippen LogP contribution in [-0.2, 0) is 0 Å². The van der Waals surface area contributed by atoms with Crippen LogP contribution in [0.2, 0.25) is 10.0 Å². The highest BCUT2D eigenvalue weighted by Crippen LogP contribution is 2.40. The third-order valence-corrected chi connectivity index (χ3v) is 5.41. The summed E-state index contributed by atoms with van der Waals surface area (Å²) in [5.74, 6) is 0.820. The van der Waals surface area contributed by atoms with Gasteiger partial charge in [-0.05, 0) is 54.7 Å². The SMILES string of the molecule is CCCN(/C(N)=N/Nc1ccc(Cl)cc1Cl)C(CC1CC1)c1ccc(F)cc1.Cl. The second-order valence-electron chi connectivity index (χ2n) is 7.15. The number of benzene rings is 2. The molecule has 1 aliphatic carbocycles. The molecule has 0 aliphatic heterocycles. The van der Waals surface area contributed by atoms with Gasteiger partial charge in [0.2, 0.25) is 5.96 Å². The van der Waals surface area contributed by atoms with Crippen LogP contribution in [0.3, 0.4) is 0 Å². The third kappa shape index (κ3) is 6.66. The summed E-state index contributed by atoms with van der Waals surface area (Å²) in [5.41, 5.74) is 11.0. The van der Waals surface area contributed by atoms with E-state index in [0.29, 0.717) is 27.6 Å². The van der Waals surface area contributed by atoms with E-state index in [1.807, 2.05) is 12.1 Å². The zero-order chi connectivity index (χ0) is 20.1. The Kier molecular flexibility index (Phi) is 8.87. The molecule has 3 N–H and O–H groups in total. The Morgan fingerprint density at radius 3 is 2.52 bits per heavy atom. The first kappa shape index (κ1) is 23.6. The molecule has 1 aliphatic rings. The maximum Gasteiger partial charge on any atom is 0.214 e. The van der Waals surface area contributed by atoms with Crippen LogP contribution in [0.5, 0.6) is 0 Å². The smallest absolute Gasteiger partial charge is 0.214 e. The normalized spacial score (nSPS) is 14.8. The molecule has 158 valence electrons. The lowest BCUT2D eigenvalue weighted by molar-refractivity contribution is 0.286. The van der Waals surface area contributed by atoms with Gasteiger partial charge in [0.25, 0.3) is 0 Å². The van der Waals surface area contributed by atoms with Gasteiger partial charge in [0.1, 0.15) is 5.82 Å². The number of rotatable bonds is 8. The average Bonchev–Trinajstić information content (AvgIpc) is 3.48. The van der Waals surface area contributed by atoms with Crippen molar-refractivity contribution in [1.29, 1.82) is 0 Å². The first-order valence-corrected chi connectivity index (χ1v) is 10.3. The molecule has 0 spiro atoms. The highest BCUT2D eigenvalue weighted by Gasteiger charge is 2.30. The van der Waals surface area contributed by atoms with E-state index in [9.17, 15) is 4.39 Å². The molecule has 1 fully saturated rings. The van der Waals surface area contributed by atoms with Crippen LogP contribution in [0, 0.1) is 11.7 Å². The Hall–Kier alpha value is -1.69. The molecule has 1 saturated carbocycles. The molecule has 1 atom stereocenters. The van der Waals surface area contributed by atoms with Gasteiger partial charge in [-0.3, -0.25) is 5.43 Å². The van der Waals surface area contributed by atoms with Gasteiger partial charge < -0.3 is 10.6 Å². The van der Waals surface area contributed by atoms with Gasteiger partial charge in [-0.25, -0.2) is 4.39 Å². The lowest BCUT2D eigenvalue weighted by atomic mass is 9.99. The first-order valence-electron chi connectivity index (χ1n) is 9.54. The molecule has 0 saturated heterocycles. The molecule has 8 heteroatoms. The van der Waals surface area contributed by atoms with Crippen molar-refractivity contribution in [3.8, 4) is 0 Å². The van der Waals surface area contributed by atoms with Gasteiger partial charge in [-0.2, -0.15) is 0 Å². The number of halogens is 4. The van der Waals surface area contributed by atoms with E-state index < -0.39 is 0 Å². The Morgan fingerprint density at radius 2 is 1.93 bits per heavy atom. The summed E-state index contributed by atoms with van der Waals surface area (Å²) < 4.78 is 13.4. The first-order chi connectivity index (χ1) is 13.5. The number of hydrogen-bond acceptors (Lipinski definition) is 2. The summed E-state index contributed by atoms with van der Waals surface area (Å²) in [5, 5.41) is 5.39. The Balaban J connectivity index is 0.00000300.